The second kappa shape index (κ2) is 7.92. The van der Waals surface area contributed by atoms with Crippen molar-refractivity contribution < 1.29 is 4.39 Å². The van der Waals surface area contributed by atoms with Gasteiger partial charge in [0.25, 0.3) is 0 Å². The van der Waals surface area contributed by atoms with Crippen LogP contribution in [0.1, 0.15) is 30.5 Å². The molecule has 0 spiro atoms. The van der Waals surface area contributed by atoms with Gasteiger partial charge in [-0.05, 0) is 49.6 Å². The number of hydrogen-bond donors (Lipinski definition) is 0. The maximum Gasteiger partial charge on any atom is 0.148 e. The van der Waals surface area contributed by atoms with Gasteiger partial charge in [-0.3, -0.25) is 0 Å². The lowest BCUT2D eigenvalue weighted by molar-refractivity contribution is 0.630. The van der Waals surface area contributed by atoms with Gasteiger partial charge in [-0.15, -0.1) is 0 Å². The van der Waals surface area contributed by atoms with Gasteiger partial charge in [0, 0.05) is 5.56 Å². The van der Waals surface area contributed by atoms with Crippen LogP contribution >= 0.6 is 0 Å². The highest BCUT2D eigenvalue weighted by Gasteiger charge is 2.12. The summed E-state index contributed by atoms with van der Waals surface area (Å²) in [6, 6.07) is 25.0. The average molecular weight is 343 g/mol. The number of rotatable bonds is 4. The summed E-state index contributed by atoms with van der Waals surface area (Å²) in [7, 11) is 0. The predicted molar refractivity (Wildman–Crippen MR) is 108 cm³/mol. The van der Waals surface area contributed by atoms with Crippen LogP contribution in [0.3, 0.4) is 0 Å². The minimum atomic E-state index is -0.318. The number of hydrogen-bond acceptors (Lipinski definition) is 1. The van der Waals surface area contributed by atoms with Crippen LogP contribution in [0, 0.1) is 12.7 Å². The molecule has 0 fully saturated rings. The number of allylic oxidation sites excluding steroid dienone is 2. The molecule has 0 radical (unpaired) electrons. The molecule has 0 bridgehead atoms. The predicted octanol–water partition coefficient (Wildman–Crippen LogP) is 6.75. The highest BCUT2D eigenvalue weighted by Crippen LogP contribution is 2.25. The number of benzene rings is 3. The summed E-state index contributed by atoms with van der Waals surface area (Å²) in [6.07, 6.45) is 0. The summed E-state index contributed by atoms with van der Waals surface area (Å²) in [6.45, 7) is 6.20. The maximum atomic E-state index is 14.2. The highest BCUT2D eigenvalue weighted by molar-refractivity contribution is 6.17. The lowest BCUT2D eigenvalue weighted by atomic mass is 9.95. The van der Waals surface area contributed by atoms with Gasteiger partial charge in [-0.1, -0.05) is 72.3 Å². The van der Waals surface area contributed by atoms with E-state index in [1.807, 2.05) is 37.3 Å². The fourth-order valence-electron chi connectivity index (χ4n) is 2.82. The molecular weight excluding hydrogens is 321 g/mol. The summed E-state index contributed by atoms with van der Waals surface area (Å²) in [5.74, 6) is -0.318. The molecule has 0 amide bonds. The SMILES string of the molecule is C/C(C(=Nc1ccccc1F)c1ccccc1)=C(/C)c1ccc(C)cc1. The van der Waals surface area contributed by atoms with Gasteiger partial charge in [0.15, 0.2) is 0 Å². The molecule has 3 rings (SSSR count). The van der Waals surface area contributed by atoms with E-state index >= 15 is 0 Å². The molecule has 0 saturated carbocycles. The molecule has 0 aliphatic heterocycles. The Morgan fingerprint density at radius 2 is 1.35 bits per heavy atom. The van der Waals surface area contributed by atoms with Gasteiger partial charge < -0.3 is 0 Å². The van der Waals surface area contributed by atoms with E-state index in [0.717, 1.165) is 28.0 Å². The normalized spacial score (nSPS) is 12.7. The number of nitrogens with zero attached hydrogens (tertiary/aromatic N) is 1. The largest absolute Gasteiger partial charge is 0.245 e. The van der Waals surface area contributed by atoms with Crippen LogP contribution in [0.5, 0.6) is 0 Å². The third-order valence-corrected chi connectivity index (χ3v) is 4.53. The van der Waals surface area contributed by atoms with Gasteiger partial charge in [0.05, 0.1) is 11.4 Å². The van der Waals surface area contributed by atoms with Crippen molar-refractivity contribution in [2.24, 2.45) is 4.99 Å². The summed E-state index contributed by atoms with van der Waals surface area (Å²) in [5, 5.41) is 0. The lowest BCUT2D eigenvalue weighted by Gasteiger charge is -2.13. The van der Waals surface area contributed by atoms with Crippen LogP contribution < -0.4 is 0 Å². The van der Waals surface area contributed by atoms with Crippen LogP contribution in [-0.2, 0) is 0 Å². The first-order chi connectivity index (χ1) is 12.6. The summed E-state index contributed by atoms with van der Waals surface area (Å²) >= 11 is 0. The Kier molecular flexibility index (Phi) is 5.43. The monoisotopic (exact) mass is 343 g/mol. The Morgan fingerprint density at radius 3 is 2.00 bits per heavy atom. The van der Waals surface area contributed by atoms with E-state index in [1.54, 1.807) is 18.2 Å². The fourth-order valence-corrected chi connectivity index (χ4v) is 2.82. The van der Waals surface area contributed by atoms with Crippen molar-refractivity contribution in [3.8, 4) is 0 Å². The van der Waals surface area contributed by atoms with Gasteiger partial charge in [0.2, 0.25) is 0 Å². The number of aryl methyl sites for hydroxylation is 1. The Morgan fingerprint density at radius 1 is 0.731 bits per heavy atom. The molecule has 0 heterocycles. The van der Waals surface area contributed by atoms with Crippen LogP contribution in [0.4, 0.5) is 10.1 Å². The molecule has 0 N–H and O–H groups in total. The zero-order chi connectivity index (χ0) is 18.5. The molecule has 26 heavy (non-hydrogen) atoms. The van der Waals surface area contributed by atoms with E-state index in [-0.39, 0.29) is 5.82 Å². The molecule has 130 valence electrons. The van der Waals surface area contributed by atoms with Crippen molar-refractivity contribution in [3.05, 3.63) is 107 Å². The summed E-state index contributed by atoms with van der Waals surface area (Å²) in [4.78, 5) is 4.68. The molecule has 0 aromatic heterocycles. The minimum absolute atomic E-state index is 0.318. The number of halogens is 1. The Balaban J connectivity index is 2.16. The van der Waals surface area contributed by atoms with Crippen LogP contribution in [0.25, 0.3) is 5.57 Å². The van der Waals surface area contributed by atoms with E-state index < -0.39 is 0 Å². The first-order valence-electron chi connectivity index (χ1n) is 8.70. The molecule has 1 nitrogen and oxygen atoms in total. The number of para-hydroxylation sites is 1. The first-order valence-corrected chi connectivity index (χ1v) is 8.70. The molecular formula is C24H22FN. The van der Waals surface area contributed by atoms with Crippen molar-refractivity contribution in [2.45, 2.75) is 20.8 Å². The Bertz CT molecular complexity index is 951. The van der Waals surface area contributed by atoms with Crippen molar-refractivity contribution in [1.82, 2.24) is 0 Å². The molecule has 0 aliphatic rings. The third kappa shape index (κ3) is 3.97. The Labute approximate surface area is 154 Å². The van der Waals surface area contributed by atoms with E-state index in [0.29, 0.717) is 5.69 Å². The number of aliphatic imine (C=N–C) groups is 1. The quantitative estimate of drug-likeness (QED) is 0.465. The third-order valence-electron chi connectivity index (χ3n) is 4.53. The summed E-state index contributed by atoms with van der Waals surface area (Å²) in [5.41, 5.74) is 6.64. The van der Waals surface area contributed by atoms with E-state index in [4.69, 9.17) is 0 Å². The summed E-state index contributed by atoms with van der Waals surface area (Å²) < 4.78 is 14.2. The molecule has 3 aromatic carbocycles. The van der Waals surface area contributed by atoms with Crippen molar-refractivity contribution >= 4 is 17.0 Å². The minimum Gasteiger partial charge on any atom is -0.245 e. The molecule has 0 unspecified atom stereocenters. The molecule has 0 saturated heterocycles. The van der Waals surface area contributed by atoms with Crippen LogP contribution in [-0.4, -0.2) is 5.71 Å². The topological polar surface area (TPSA) is 12.4 Å². The van der Waals surface area contributed by atoms with Gasteiger partial charge in [0.1, 0.15) is 5.82 Å². The Hall–Kier alpha value is -3.00. The second-order valence-electron chi connectivity index (χ2n) is 6.39. The van der Waals surface area contributed by atoms with Gasteiger partial charge in [-0.2, -0.15) is 0 Å². The lowest BCUT2D eigenvalue weighted by Crippen LogP contribution is -2.05. The fraction of sp³-hybridized carbons (Fsp3) is 0.125. The molecule has 0 atom stereocenters. The van der Waals surface area contributed by atoms with E-state index in [9.17, 15) is 4.39 Å². The zero-order valence-electron chi connectivity index (χ0n) is 15.3. The molecule has 2 heteroatoms. The van der Waals surface area contributed by atoms with Crippen LogP contribution in [0.2, 0.25) is 0 Å². The van der Waals surface area contributed by atoms with Crippen molar-refractivity contribution in [2.75, 3.05) is 0 Å². The average Bonchev–Trinajstić information content (AvgIpc) is 2.67. The first kappa shape index (κ1) is 17.8. The highest BCUT2D eigenvalue weighted by atomic mass is 19.1. The second-order valence-corrected chi connectivity index (χ2v) is 6.39. The van der Waals surface area contributed by atoms with Gasteiger partial charge >= 0.3 is 0 Å². The molecule has 3 aromatic rings. The van der Waals surface area contributed by atoms with Crippen molar-refractivity contribution in [1.29, 1.82) is 0 Å². The van der Waals surface area contributed by atoms with E-state index in [1.165, 1.54) is 11.6 Å². The van der Waals surface area contributed by atoms with Gasteiger partial charge in [-0.25, -0.2) is 9.38 Å². The standard InChI is InChI=1S/C24H22FN/c1-17-13-15-20(16-14-17)18(2)19(3)24(21-9-5-4-6-10-21)26-23-12-8-7-11-22(23)25/h4-16H,1-3H3/b19-18+,26-24?. The van der Waals surface area contributed by atoms with E-state index in [2.05, 4.69) is 43.1 Å². The van der Waals surface area contributed by atoms with Crippen LogP contribution in [0.15, 0.2) is 89.4 Å². The maximum absolute atomic E-state index is 14.2. The smallest absolute Gasteiger partial charge is 0.148 e. The zero-order valence-corrected chi connectivity index (χ0v) is 15.3. The van der Waals surface area contributed by atoms with Crippen molar-refractivity contribution in [3.63, 3.8) is 0 Å². The molecule has 0 aliphatic carbocycles.